The van der Waals surface area contributed by atoms with Crippen LogP contribution in [0.15, 0.2) is 42.5 Å². The molecule has 3 rings (SSSR count). The van der Waals surface area contributed by atoms with Crippen LogP contribution in [0.4, 0.5) is 13.2 Å². The van der Waals surface area contributed by atoms with Crippen molar-refractivity contribution < 1.29 is 27.4 Å². The molecular formula is C19H15ClF3N3O3. The van der Waals surface area contributed by atoms with Gasteiger partial charge in [-0.2, -0.15) is 13.2 Å². The SMILES string of the molecule is COC(=O)c1cc(Cl)ccc1OCc1nnc(-c2ccccc2C(F)(F)F)n1C. The van der Waals surface area contributed by atoms with Crippen LogP contribution in [0.3, 0.4) is 0 Å². The van der Waals surface area contributed by atoms with Crippen molar-refractivity contribution in [3.63, 3.8) is 0 Å². The van der Waals surface area contributed by atoms with E-state index in [1.807, 2.05) is 0 Å². The second kappa shape index (κ2) is 8.12. The third-order valence-corrected chi connectivity index (χ3v) is 4.38. The van der Waals surface area contributed by atoms with Crippen LogP contribution < -0.4 is 4.74 Å². The maximum absolute atomic E-state index is 13.3. The molecule has 3 aromatic rings. The first-order chi connectivity index (χ1) is 13.7. The number of esters is 1. The number of hydrogen-bond acceptors (Lipinski definition) is 5. The van der Waals surface area contributed by atoms with E-state index in [1.54, 1.807) is 0 Å². The maximum atomic E-state index is 13.3. The quantitative estimate of drug-likeness (QED) is 0.562. The third kappa shape index (κ3) is 4.34. The number of halogens is 4. The Kier molecular flexibility index (Phi) is 5.78. The first kappa shape index (κ1) is 20.7. The van der Waals surface area contributed by atoms with Crippen molar-refractivity contribution in [3.8, 4) is 17.1 Å². The highest BCUT2D eigenvalue weighted by Gasteiger charge is 2.34. The van der Waals surface area contributed by atoms with Gasteiger partial charge >= 0.3 is 12.1 Å². The minimum absolute atomic E-state index is 0.0424. The van der Waals surface area contributed by atoms with Gasteiger partial charge in [-0.05, 0) is 24.3 Å². The normalized spacial score (nSPS) is 11.4. The van der Waals surface area contributed by atoms with Crippen molar-refractivity contribution in [1.82, 2.24) is 14.8 Å². The molecule has 0 fully saturated rings. The Morgan fingerprint density at radius 2 is 1.90 bits per heavy atom. The summed E-state index contributed by atoms with van der Waals surface area (Å²) in [5, 5.41) is 8.12. The van der Waals surface area contributed by atoms with Gasteiger partial charge in [0.05, 0.1) is 12.7 Å². The number of rotatable bonds is 5. The standard InChI is InChI=1S/C19H15ClF3N3O3/c1-26-16(10-29-15-8-7-11(20)9-13(15)18(27)28-2)24-25-17(26)12-5-3-4-6-14(12)19(21,22)23/h3-9H,10H2,1-2H3. The fourth-order valence-corrected chi connectivity index (χ4v) is 2.86. The molecule has 1 aromatic heterocycles. The summed E-state index contributed by atoms with van der Waals surface area (Å²) in [4.78, 5) is 11.9. The molecular weight excluding hydrogens is 411 g/mol. The van der Waals surface area contributed by atoms with Crippen LogP contribution in [0.1, 0.15) is 21.7 Å². The highest BCUT2D eigenvalue weighted by Crippen LogP contribution is 2.36. The van der Waals surface area contributed by atoms with Crippen LogP contribution in [-0.2, 0) is 24.6 Å². The highest BCUT2D eigenvalue weighted by atomic mass is 35.5. The van der Waals surface area contributed by atoms with Gasteiger partial charge in [0.25, 0.3) is 0 Å². The Morgan fingerprint density at radius 3 is 2.59 bits per heavy atom. The average Bonchev–Trinajstić information content (AvgIpc) is 3.06. The fraction of sp³-hybridized carbons (Fsp3) is 0.211. The van der Waals surface area contributed by atoms with E-state index >= 15 is 0 Å². The number of alkyl halides is 3. The second-order valence-corrected chi connectivity index (χ2v) is 6.40. The summed E-state index contributed by atoms with van der Waals surface area (Å²) < 4.78 is 51.6. The lowest BCUT2D eigenvalue weighted by molar-refractivity contribution is -0.137. The van der Waals surface area contributed by atoms with Crippen LogP contribution in [0, 0.1) is 0 Å². The van der Waals surface area contributed by atoms with E-state index in [9.17, 15) is 18.0 Å². The number of nitrogens with zero attached hydrogens (tertiary/aromatic N) is 3. The van der Waals surface area contributed by atoms with Crippen molar-refractivity contribution >= 4 is 17.6 Å². The molecule has 0 bridgehead atoms. The van der Waals surface area contributed by atoms with E-state index in [-0.39, 0.29) is 35.1 Å². The summed E-state index contributed by atoms with van der Waals surface area (Å²) in [6, 6.07) is 9.52. The Hall–Kier alpha value is -3.07. The molecule has 0 aliphatic carbocycles. The first-order valence-electron chi connectivity index (χ1n) is 8.28. The molecule has 0 aliphatic rings. The zero-order valence-corrected chi connectivity index (χ0v) is 16.1. The van der Waals surface area contributed by atoms with E-state index in [4.69, 9.17) is 21.1 Å². The molecule has 0 N–H and O–H groups in total. The van der Waals surface area contributed by atoms with Gasteiger partial charge < -0.3 is 14.0 Å². The van der Waals surface area contributed by atoms with Gasteiger partial charge in [-0.1, -0.05) is 29.8 Å². The first-order valence-corrected chi connectivity index (χ1v) is 8.65. The molecule has 10 heteroatoms. The molecule has 0 saturated carbocycles. The molecule has 0 atom stereocenters. The summed E-state index contributed by atoms with van der Waals surface area (Å²) in [5.74, 6) is -0.134. The Labute approximate surface area is 168 Å². The molecule has 1 heterocycles. The number of benzene rings is 2. The zero-order chi connectivity index (χ0) is 21.2. The maximum Gasteiger partial charge on any atom is 0.417 e. The molecule has 0 saturated heterocycles. The summed E-state index contributed by atoms with van der Waals surface area (Å²) in [5.41, 5.74) is -0.790. The highest BCUT2D eigenvalue weighted by molar-refractivity contribution is 6.31. The summed E-state index contributed by atoms with van der Waals surface area (Å²) in [6.07, 6.45) is -4.53. The van der Waals surface area contributed by atoms with Gasteiger partial charge in [0.15, 0.2) is 11.6 Å². The lowest BCUT2D eigenvalue weighted by Crippen LogP contribution is -2.10. The number of methoxy groups -OCH3 is 1. The minimum atomic E-state index is -4.53. The topological polar surface area (TPSA) is 66.2 Å². The van der Waals surface area contributed by atoms with Crippen molar-refractivity contribution in [3.05, 3.63) is 64.4 Å². The van der Waals surface area contributed by atoms with Crippen LogP contribution in [0.5, 0.6) is 5.75 Å². The molecule has 0 aliphatic heterocycles. The van der Waals surface area contributed by atoms with Crippen LogP contribution in [-0.4, -0.2) is 27.8 Å². The number of carbonyl (C=O) groups is 1. The van der Waals surface area contributed by atoms with Gasteiger partial charge in [0, 0.05) is 17.6 Å². The van der Waals surface area contributed by atoms with Gasteiger partial charge in [0.2, 0.25) is 0 Å². The Bertz CT molecular complexity index is 1050. The molecule has 0 spiro atoms. The molecule has 29 heavy (non-hydrogen) atoms. The van der Waals surface area contributed by atoms with E-state index in [0.717, 1.165) is 6.07 Å². The van der Waals surface area contributed by atoms with Gasteiger partial charge in [0.1, 0.15) is 17.9 Å². The van der Waals surface area contributed by atoms with Crippen LogP contribution in [0.2, 0.25) is 5.02 Å². The molecule has 2 aromatic carbocycles. The van der Waals surface area contributed by atoms with Crippen LogP contribution in [0.25, 0.3) is 11.4 Å². The van der Waals surface area contributed by atoms with Crippen molar-refractivity contribution in [2.45, 2.75) is 12.8 Å². The summed E-state index contributed by atoms with van der Waals surface area (Å²) >= 11 is 5.90. The fourth-order valence-electron chi connectivity index (χ4n) is 2.69. The van der Waals surface area contributed by atoms with E-state index < -0.39 is 17.7 Å². The predicted octanol–water partition coefficient (Wildman–Crippen LogP) is 4.52. The van der Waals surface area contributed by atoms with Crippen molar-refractivity contribution in [1.29, 1.82) is 0 Å². The number of carbonyl (C=O) groups excluding carboxylic acids is 1. The lowest BCUT2D eigenvalue weighted by Gasteiger charge is -2.13. The second-order valence-electron chi connectivity index (χ2n) is 5.96. The van der Waals surface area contributed by atoms with Crippen molar-refractivity contribution in [2.24, 2.45) is 7.05 Å². The van der Waals surface area contributed by atoms with Crippen molar-refractivity contribution in [2.75, 3.05) is 7.11 Å². The predicted molar refractivity (Wildman–Crippen MR) is 98.6 cm³/mol. The largest absolute Gasteiger partial charge is 0.485 e. The number of aromatic nitrogens is 3. The molecule has 6 nitrogen and oxygen atoms in total. The number of hydrogen-bond donors (Lipinski definition) is 0. The van der Waals surface area contributed by atoms with Gasteiger partial charge in [-0.25, -0.2) is 4.79 Å². The Morgan fingerprint density at radius 1 is 1.17 bits per heavy atom. The number of ether oxygens (including phenoxy) is 2. The minimum Gasteiger partial charge on any atom is -0.485 e. The monoisotopic (exact) mass is 425 g/mol. The Balaban J connectivity index is 1.89. The van der Waals surface area contributed by atoms with E-state index in [2.05, 4.69) is 10.2 Å². The van der Waals surface area contributed by atoms with E-state index in [0.29, 0.717) is 5.02 Å². The smallest absolute Gasteiger partial charge is 0.417 e. The van der Waals surface area contributed by atoms with Crippen LogP contribution >= 0.6 is 11.6 Å². The lowest BCUT2D eigenvalue weighted by atomic mass is 10.1. The molecule has 0 unspecified atom stereocenters. The van der Waals surface area contributed by atoms with Gasteiger partial charge in [-0.15, -0.1) is 10.2 Å². The third-order valence-electron chi connectivity index (χ3n) is 4.14. The molecule has 152 valence electrons. The van der Waals surface area contributed by atoms with E-state index in [1.165, 1.54) is 55.1 Å². The zero-order valence-electron chi connectivity index (χ0n) is 15.3. The molecule has 0 radical (unpaired) electrons. The van der Waals surface area contributed by atoms with Gasteiger partial charge in [-0.3, -0.25) is 0 Å². The summed E-state index contributed by atoms with van der Waals surface area (Å²) in [6.45, 7) is -0.136. The molecule has 0 amide bonds. The average molecular weight is 426 g/mol. The summed E-state index contributed by atoms with van der Waals surface area (Å²) in [7, 11) is 2.75.